The molecule has 2 atom stereocenters. The van der Waals surface area contributed by atoms with Crippen molar-refractivity contribution in [1.82, 2.24) is 9.80 Å². The zero-order chi connectivity index (χ0) is 16.7. The predicted molar refractivity (Wildman–Crippen MR) is 90.3 cm³/mol. The normalized spacial score (nSPS) is 26.9. The molecule has 2 fully saturated rings. The Kier molecular flexibility index (Phi) is 3.92. The standard InChI is InChI=1S/C18H23N3O3/c1-20-9-3-7-14(20)15-8-4-10-21(15)18(23)12-5-2-6-13-17(12)24-11-16(22)19-13/h2,5-6,14-15H,3-4,7-11H2,1H3,(H,19,22)/t14-,15+/m1/s1. The van der Waals surface area contributed by atoms with E-state index in [1.165, 1.54) is 6.42 Å². The quantitative estimate of drug-likeness (QED) is 0.897. The van der Waals surface area contributed by atoms with Gasteiger partial charge in [-0.2, -0.15) is 0 Å². The lowest BCUT2D eigenvalue weighted by molar-refractivity contribution is -0.118. The predicted octanol–water partition coefficient (Wildman–Crippen LogP) is 1.72. The first-order chi connectivity index (χ1) is 11.6. The number of carbonyl (C=O) groups is 2. The number of amides is 2. The molecule has 2 amide bonds. The number of likely N-dealkylation sites (tertiary alicyclic amines) is 2. The highest BCUT2D eigenvalue weighted by atomic mass is 16.5. The van der Waals surface area contributed by atoms with E-state index < -0.39 is 0 Å². The summed E-state index contributed by atoms with van der Waals surface area (Å²) < 4.78 is 5.56. The summed E-state index contributed by atoms with van der Waals surface area (Å²) in [6.45, 7) is 1.87. The Balaban J connectivity index is 1.62. The van der Waals surface area contributed by atoms with E-state index in [-0.39, 0.29) is 24.5 Å². The first-order valence-electron chi connectivity index (χ1n) is 8.72. The van der Waals surface area contributed by atoms with E-state index >= 15 is 0 Å². The molecule has 0 aromatic heterocycles. The Hall–Kier alpha value is -2.08. The lowest BCUT2D eigenvalue weighted by Crippen LogP contribution is -2.47. The summed E-state index contributed by atoms with van der Waals surface area (Å²) in [5, 5.41) is 2.78. The van der Waals surface area contributed by atoms with Crippen LogP contribution in [-0.2, 0) is 4.79 Å². The third-order valence-electron chi connectivity index (χ3n) is 5.45. The fourth-order valence-electron chi connectivity index (χ4n) is 4.30. The van der Waals surface area contributed by atoms with Crippen molar-refractivity contribution in [3.63, 3.8) is 0 Å². The monoisotopic (exact) mass is 329 g/mol. The highest BCUT2D eigenvalue weighted by Crippen LogP contribution is 2.35. The van der Waals surface area contributed by atoms with Crippen LogP contribution in [0.4, 0.5) is 5.69 Å². The maximum absolute atomic E-state index is 13.2. The van der Waals surface area contributed by atoms with Crippen LogP contribution in [0.25, 0.3) is 0 Å². The van der Waals surface area contributed by atoms with Crippen molar-refractivity contribution in [3.8, 4) is 5.75 Å². The molecule has 3 aliphatic rings. The topological polar surface area (TPSA) is 61.9 Å². The average Bonchev–Trinajstić information content (AvgIpc) is 3.21. The minimum Gasteiger partial charge on any atom is -0.481 e. The third kappa shape index (κ3) is 2.55. The molecular weight excluding hydrogens is 306 g/mol. The Bertz CT molecular complexity index is 675. The van der Waals surface area contributed by atoms with Crippen molar-refractivity contribution < 1.29 is 14.3 Å². The Morgan fingerprint density at radius 2 is 2.00 bits per heavy atom. The number of hydrogen-bond acceptors (Lipinski definition) is 4. The summed E-state index contributed by atoms with van der Waals surface area (Å²) in [4.78, 5) is 29.1. The molecule has 0 saturated carbocycles. The molecule has 1 aromatic carbocycles. The van der Waals surface area contributed by atoms with E-state index in [0.717, 1.165) is 32.4 Å². The summed E-state index contributed by atoms with van der Waals surface area (Å²) in [5.74, 6) is 0.344. The number of hydrogen-bond donors (Lipinski definition) is 1. The Morgan fingerprint density at radius 3 is 2.79 bits per heavy atom. The van der Waals surface area contributed by atoms with Crippen LogP contribution < -0.4 is 10.1 Å². The van der Waals surface area contributed by atoms with Crippen molar-refractivity contribution in [1.29, 1.82) is 0 Å². The maximum atomic E-state index is 13.2. The molecule has 0 spiro atoms. The fraction of sp³-hybridized carbons (Fsp3) is 0.556. The van der Waals surface area contributed by atoms with E-state index in [9.17, 15) is 9.59 Å². The molecule has 0 unspecified atom stereocenters. The van der Waals surface area contributed by atoms with Gasteiger partial charge >= 0.3 is 0 Å². The van der Waals surface area contributed by atoms with Gasteiger partial charge in [-0.25, -0.2) is 0 Å². The van der Waals surface area contributed by atoms with Crippen molar-refractivity contribution in [2.45, 2.75) is 37.8 Å². The van der Waals surface area contributed by atoms with Gasteiger partial charge in [0.15, 0.2) is 12.4 Å². The van der Waals surface area contributed by atoms with Crippen LogP contribution in [0.2, 0.25) is 0 Å². The van der Waals surface area contributed by atoms with Crippen LogP contribution in [0.1, 0.15) is 36.0 Å². The number of ether oxygens (including phenoxy) is 1. The zero-order valence-corrected chi connectivity index (χ0v) is 14.0. The van der Waals surface area contributed by atoms with Crippen molar-refractivity contribution in [2.75, 3.05) is 32.1 Å². The number of likely N-dealkylation sites (N-methyl/N-ethyl adjacent to an activating group) is 1. The van der Waals surface area contributed by atoms with Crippen LogP contribution in [0, 0.1) is 0 Å². The molecule has 6 nitrogen and oxygen atoms in total. The largest absolute Gasteiger partial charge is 0.481 e. The highest BCUT2D eigenvalue weighted by Gasteiger charge is 2.39. The van der Waals surface area contributed by atoms with Gasteiger partial charge in [-0.1, -0.05) is 6.07 Å². The molecule has 3 aliphatic heterocycles. The molecule has 2 saturated heterocycles. The molecule has 1 aromatic rings. The molecule has 6 heteroatoms. The number of carbonyl (C=O) groups excluding carboxylic acids is 2. The Labute approximate surface area is 141 Å². The van der Waals surface area contributed by atoms with Crippen LogP contribution in [0.5, 0.6) is 5.75 Å². The SMILES string of the molecule is CN1CCC[C@@H]1[C@@H]1CCCN1C(=O)c1cccc2c1OCC(=O)N2. The molecular formula is C18H23N3O3. The van der Waals surface area contributed by atoms with Gasteiger partial charge in [-0.05, 0) is 51.4 Å². The highest BCUT2D eigenvalue weighted by molar-refractivity contribution is 6.03. The van der Waals surface area contributed by atoms with Gasteiger partial charge in [0.2, 0.25) is 0 Å². The molecule has 0 radical (unpaired) electrons. The minimum atomic E-state index is -0.182. The molecule has 1 N–H and O–H groups in total. The summed E-state index contributed by atoms with van der Waals surface area (Å²) >= 11 is 0. The number of nitrogens with zero attached hydrogens (tertiary/aromatic N) is 2. The zero-order valence-electron chi connectivity index (χ0n) is 14.0. The van der Waals surface area contributed by atoms with Crippen LogP contribution in [0.3, 0.4) is 0 Å². The second kappa shape index (κ2) is 6.09. The first kappa shape index (κ1) is 15.4. The second-order valence-electron chi connectivity index (χ2n) is 6.92. The van der Waals surface area contributed by atoms with E-state index in [1.807, 2.05) is 4.90 Å². The van der Waals surface area contributed by atoms with Gasteiger partial charge in [0.25, 0.3) is 11.8 Å². The fourth-order valence-corrected chi connectivity index (χ4v) is 4.30. The summed E-state index contributed by atoms with van der Waals surface area (Å²) in [6, 6.07) is 6.10. The van der Waals surface area contributed by atoms with E-state index in [2.05, 4.69) is 17.3 Å². The van der Waals surface area contributed by atoms with Crippen LogP contribution >= 0.6 is 0 Å². The summed E-state index contributed by atoms with van der Waals surface area (Å²) in [6.07, 6.45) is 4.47. The molecule has 128 valence electrons. The average molecular weight is 329 g/mol. The van der Waals surface area contributed by atoms with Gasteiger partial charge in [0, 0.05) is 18.6 Å². The first-order valence-corrected chi connectivity index (χ1v) is 8.72. The van der Waals surface area contributed by atoms with E-state index in [4.69, 9.17) is 4.74 Å². The number of nitrogens with one attached hydrogen (secondary N) is 1. The molecule has 0 bridgehead atoms. The number of para-hydroxylation sites is 1. The third-order valence-corrected chi connectivity index (χ3v) is 5.45. The van der Waals surface area contributed by atoms with E-state index in [0.29, 0.717) is 23.0 Å². The van der Waals surface area contributed by atoms with Gasteiger partial charge < -0.3 is 19.9 Å². The minimum absolute atomic E-state index is 0.0193. The van der Waals surface area contributed by atoms with Crippen LogP contribution in [-0.4, -0.2) is 60.4 Å². The molecule has 0 aliphatic carbocycles. The number of benzene rings is 1. The second-order valence-corrected chi connectivity index (χ2v) is 6.92. The van der Waals surface area contributed by atoms with Crippen molar-refractivity contribution in [3.05, 3.63) is 23.8 Å². The number of anilines is 1. The van der Waals surface area contributed by atoms with E-state index in [1.54, 1.807) is 18.2 Å². The number of fused-ring (bicyclic) bond motifs is 1. The van der Waals surface area contributed by atoms with Crippen molar-refractivity contribution >= 4 is 17.5 Å². The lowest BCUT2D eigenvalue weighted by Gasteiger charge is -2.34. The molecule has 4 rings (SSSR count). The molecule has 3 heterocycles. The summed E-state index contributed by atoms with van der Waals surface area (Å²) in [5.41, 5.74) is 1.14. The number of rotatable bonds is 2. The van der Waals surface area contributed by atoms with Gasteiger partial charge in [-0.15, -0.1) is 0 Å². The summed E-state index contributed by atoms with van der Waals surface area (Å²) in [7, 11) is 2.15. The molecule has 24 heavy (non-hydrogen) atoms. The van der Waals surface area contributed by atoms with Crippen molar-refractivity contribution in [2.24, 2.45) is 0 Å². The lowest BCUT2D eigenvalue weighted by atomic mass is 10.0. The maximum Gasteiger partial charge on any atom is 0.262 e. The van der Waals surface area contributed by atoms with Gasteiger partial charge in [-0.3, -0.25) is 9.59 Å². The van der Waals surface area contributed by atoms with Crippen LogP contribution in [0.15, 0.2) is 18.2 Å². The van der Waals surface area contributed by atoms with Gasteiger partial charge in [0.05, 0.1) is 11.3 Å². The Morgan fingerprint density at radius 1 is 1.21 bits per heavy atom. The smallest absolute Gasteiger partial charge is 0.262 e. The van der Waals surface area contributed by atoms with Gasteiger partial charge in [0.1, 0.15) is 0 Å².